The second-order valence-corrected chi connectivity index (χ2v) is 5.76. The molecule has 0 unspecified atom stereocenters. The zero-order valence-electron chi connectivity index (χ0n) is 9.79. The van der Waals surface area contributed by atoms with E-state index in [1.807, 2.05) is 24.3 Å². The Bertz CT molecular complexity index is 599. The second-order valence-electron chi connectivity index (χ2n) is 3.91. The molecule has 0 radical (unpaired) electrons. The van der Waals surface area contributed by atoms with E-state index < -0.39 is 0 Å². The van der Waals surface area contributed by atoms with Crippen LogP contribution < -0.4 is 5.32 Å². The van der Waals surface area contributed by atoms with Gasteiger partial charge < -0.3 is 5.32 Å². The van der Waals surface area contributed by atoms with Crippen LogP contribution in [0.1, 0.15) is 15.9 Å². The van der Waals surface area contributed by atoms with E-state index in [9.17, 15) is 4.79 Å². The SMILES string of the molecule is O=C(Nc1ccc(CBr)cc1)c1cc(Cl)ccc1Br. The van der Waals surface area contributed by atoms with Gasteiger partial charge in [-0.05, 0) is 51.8 Å². The van der Waals surface area contributed by atoms with Crippen molar-refractivity contribution in [3.8, 4) is 0 Å². The average Bonchev–Trinajstić information content (AvgIpc) is 2.42. The fraction of sp³-hybridized carbons (Fsp3) is 0.0714. The highest BCUT2D eigenvalue weighted by atomic mass is 79.9. The number of nitrogens with one attached hydrogen (secondary N) is 1. The number of anilines is 1. The highest BCUT2D eigenvalue weighted by molar-refractivity contribution is 9.10. The first kappa shape index (κ1) is 14.6. The standard InChI is InChI=1S/C14H10Br2ClNO/c15-8-9-1-4-11(5-2-9)18-14(19)12-7-10(17)3-6-13(12)16/h1-7H,8H2,(H,18,19). The molecule has 19 heavy (non-hydrogen) atoms. The lowest BCUT2D eigenvalue weighted by molar-refractivity contribution is 0.102. The Balaban J connectivity index is 2.18. The van der Waals surface area contributed by atoms with Gasteiger partial charge in [-0.25, -0.2) is 0 Å². The van der Waals surface area contributed by atoms with Crippen LogP contribution in [-0.2, 0) is 5.33 Å². The first-order valence-electron chi connectivity index (χ1n) is 5.51. The molecule has 1 N–H and O–H groups in total. The number of hydrogen-bond acceptors (Lipinski definition) is 1. The van der Waals surface area contributed by atoms with Crippen molar-refractivity contribution in [3.05, 3.63) is 63.1 Å². The van der Waals surface area contributed by atoms with Gasteiger partial charge >= 0.3 is 0 Å². The molecule has 0 heterocycles. The molecular formula is C14H10Br2ClNO. The van der Waals surface area contributed by atoms with Gasteiger partial charge in [0.05, 0.1) is 5.56 Å². The minimum Gasteiger partial charge on any atom is -0.322 e. The summed E-state index contributed by atoms with van der Waals surface area (Å²) in [7, 11) is 0. The maximum atomic E-state index is 12.1. The molecule has 0 aromatic heterocycles. The monoisotopic (exact) mass is 401 g/mol. The number of amides is 1. The van der Waals surface area contributed by atoms with E-state index in [1.165, 1.54) is 0 Å². The molecular weight excluding hydrogens is 393 g/mol. The number of alkyl halides is 1. The summed E-state index contributed by atoms with van der Waals surface area (Å²) >= 11 is 12.6. The van der Waals surface area contributed by atoms with Crippen LogP contribution in [0.5, 0.6) is 0 Å². The number of carbonyl (C=O) groups excluding carboxylic acids is 1. The lowest BCUT2D eigenvalue weighted by Crippen LogP contribution is -2.12. The predicted octanol–water partition coefficient (Wildman–Crippen LogP) is 5.25. The second kappa shape index (κ2) is 6.55. The van der Waals surface area contributed by atoms with E-state index in [0.717, 1.165) is 16.6 Å². The summed E-state index contributed by atoms with van der Waals surface area (Å²) in [5.74, 6) is -0.194. The Morgan fingerprint density at radius 3 is 2.47 bits per heavy atom. The molecule has 0 bridgehead atoms. The molecule has 0 saturated carbocycles. The van der Waals surface area contributed by atoms with Crippen molar-refractivity contribution < 1.29 is 4.79 Å². The average molecular weight is 404 g/mol. The summed E-state index contributed by atoms with van der Waals surface area (Å²) < 4.78 is 0.714. The van der Waals surface area contributed by atoms with E-state index in [0.29, 0.717) is 15.1 Å². The van der Waals surface area contributed by atoms with Crippen LogP contribution in [0.15, 0.2) is 46.9 Å². The van der Waals surface area contributed by atoms with Gasteiger partial charge in [0.2, 0.25) is 0 Å². The van der Waals surface area contributed by atoms with Gasteiger partial charge in [0.1, 0.15) is 0 Å². The quantitative estimate of drug-likeness (QED) is 0.697. The maximum absolute atomic E-state index is 12.1. The van der Waals surface area contributed by atoms with Crippen molar-refractivity contribution in [3.63, 3.8) is 0 Å². The summed E-state index contributed by atoms with van der Waals surface area (Å²) in [5, 5.41) is 4.16. The summed E-state index contributed by atoms with van der Waals surface area (Å²) in [5.41, 5.74) is 2.42. The molecule has 0 aliphatic heterocycles. The normalized spacial score (nSPS) is 10.3. The lowest BCUT2D eigenvalue weighted by atomic mass is 10.2. The molecule has 0 aliphatic carbocycles. The van der Waals surface area contributed by atoms with Gasteiger partial charge in [-0.3, -0.25) is 4.79 Å². The molecule has 0 spiro atoms. The van der Waals surface area contributed by atoms with Crippen LogP contribution in [-0.4, -0.2) is 5.91 Å². The first-order valence-corrected chi connectivity index (χ1v) is 7.80. The lowest BCUT2D eigenvalue weighted by Gasteiger charge is -2.08. The van der Waals surface area contributed by atoms with Crippen molar-refractivity contribution in [1.82, 2.24) is 0 Å². The van der Waals surface area contributed by atoms with Crippen LogP contribution in [0.3, 0.4) is 0 Å². The molecule has 2 nitrogen and oxygen atoms in total. The van der Waals surface area contributed by atoms with Gasteiger partial charge in [0, 0.05) is 20.5 Å². The molecule has 2 rings (SSSR count). The third-order valence-electron chi connectivity index (χ3n) is 2.54. The van der Waals surface area contributed by atoms with E-state index in [1.54, 1.807) is 18.2 Å². The predicted molar refractivity (Wildman–Crippen MR) is 86.2 cm³/mol. The van der Waals surface area contributed by atoms with Crippen LogP contribution in [0.4, 0.5) is 5.69 Å². The van der Waals surface area contributed by atoms with Gasteiger partial charge in [0.25, 0.3) is 5.91 Å². The largest absolute Gasteiger partial charge is 0.322 e. The summed E-state index contributed by atoms with van der Waals surface area (Å²) in [6.07, 6.45) is 0. The van der Waals surface area contributed by atoms with Crippen LogP contribution in [0, 0.1) is 0 Å². The number of carbonyl (C=O) groups is 1. The Kier molecular flexibility index (Phi) is 5.02. The molecule has 0 fully saturated rings. The number of halogens is 3. The summed E-state index contributed by atoms with van der Waals surface area (Å²) in [6, 6.07) is 12.8. The fourth-order valence-electron chi connectivity index (χ4n) is 1.55. The Hall–Kier alpha value is -0.840. The summed E-state index contributed by atoms with van der Waals surface area (Å²) in [6.45, 7) is 0. The van der Waals surface area contributed by atoms with Crippen molar-refractivity contribution in [1.29, 1.82) is 0 Å². The van der Waals surface area contributed by atoms with Crippen LogP contribution >= 0.6 is 43.5 Å². The highest BCUT2D eigenvalue weighted by Gasteiger charge is 2.10. The van der Waals surface area contributed by atoms with Crippen molar-refractivity contribution >= 4 is 55.1 Å². The zero-order valence-corrected chi connectivity index (χ0v) is 13.7. The molecule has 0 saturated heterocycles. The molecule has 2 aromatic carbocycles. The van der Waals surface area contributed by atoms with E-state index >= 15 is 0 Å². The third kappa shape index (κ3) is 3.81. The van der Waals surface area contributed by atoms with Gasteiger partial charge in [-0.15, -0.1) is 0 Å². The number of hydrogen-bond donors (Lipinski definition) is 1. The molecule has 0 aliphatic rings. The molecule has 98 valence electrons. The van der Waals surface area contributed by atoms with Crippen molar-refractivity contribution in [2.45, 2.75) is 5.33 Å². The first-order chi connectivity index (χ1) is 9.10. The Labute approximate surface area is 133 Å². The topological polar surface area (TPSA) is 29.1 Å². The van der Waals surface area contributed by atoms with E-state index in [2.05, 4.69) is 37.2 Å². The molecule has 1 amide bonds. The Morgan fingerprint density at radius 1 is 1.16 bits per heavy atom. The molecule has 5 heteroatoms. The van der Waals surface area contributed by atoms with Crippen molar-refractivity contribution in [2.24, 2.45) is 0 Å². The third-order valence-corrected chi connectivity index (χ3v) is 4.11. The fourth-order valence-corrected chi connectivity index (χ4v) is 2.52. The minimum absolute atomic E-state index is 0.194. The van der Waals surface area contributed by atoms with E-state index in [4.69, 9.17) is 11.6 Å². The number of benzene rings is 2. The molecule has 2 aromatic rings. The number of rotatable bonds is 3. The summed E-state index contributed by atoms with van der Waals surface area (Å²) in [4.78, 5) is 12.1. The van der Waals surface area contributed by atoms with Crippen LogP contribution in [0.2, 0.25) is 5.02 Å². The van der Waals surface area contributed by atoms with Gasteiger partial charge in [0.15, 0.2) is 0 Å². The van der Waals surface area contributed by atoms with Crippen molar-refractivity contribution in [2.75, 3.05) is 5.32 Å². The smallest absolute Gasteiger partial charge is 0.256 e. The maximum Gasteiger partial charge on any atom is 0.256 e. The van der Waals surface area contributed by atoms with Crippen LogP contribution in [0.25, 0.3) is 0 Å². The molecule has 0 atom stereocenters. The highest BCUT2D eigenvalue weighted by Crippen LogP contribution is 2.22. The minimum atomic E-state index is -0.194. The Morgan fingerprint density at radius 2 is 1.84 bits per heavy atom. The van der Waals surface area contributed by atoms with Gasteiger partial charge in [-0.2, -0.15) is 0 Å². The van der Waals surface area contributed by atoms with E-state index in [-0.39, 0.29) is 5.91 Å². The van der Waals surface area contributed by atoms with Gasteiger partial charge in [-0.1, -0.05) is 39.7 Å². The zero-order chi connectivity index (χ0) is 13.8.